The van der Waals surface area contributed by atoms with Crippen molar-refractivity contribution in [3.63, 3.8) is 0 Å². The van der Waals surface area contributed by atoms with E-state index in [1.54, 1.807) is 0 Å². The minimum absolute atomic E-state index is 0.0883. The van der Waals surface area contributed by atoms with Crippen LogP contribution in [0.2, 0.25) is 0 Å². The van der Waals surface area contributed by atoms with Gasteiger partial charge in [-0.25, -0.2) is 0 Å². The zero-order chi connectivity index (χ0) is 16.9. The number of alkyl halides is 1. The molecule has 1 atom stereocenters. The lowest BCUT2D eigenvalue weighted by Gasteiger charge is -2.15. The second-order valence-electron chi connectivity index (χ2n) is 6.13. The van der Waals surface area contributed by atoms with Gasteiger partial charge in [-0.15, -0.1) is 11.6 Å². The average molecular weight is 337 g/mol. The van der Waals surface area contributed by atoms with Gasteiger partial charge in [-0.2, -0.15) is 0 Å². The molecule has 0 saturated heterocycles. The fraction of sp³-hybridized carbons (Fsp3) is 0.182. The van der Waals surface area contributed by atoms with E-state index in [2.05, 4.69) is 24.3 Å². The van der Waals surface area contributed by atoms with E-state index >= 15 is 0 Å². The van der Waals surface area contributed by atoms with Crippen molar-refractivity contribution in [2.45, 2.75) is 25.1 Å². The van der Waals surface area contributed by atoms with Gasteiger partial charge in [0.1, 0.15) is 5.75 Å². The lowest BCUT2D eigenvalue weighted by molar-refractivity contribution is 0.463. The maximum absolute atomic E-state index is 10.8. The van der Waals surface area contributed by atoms with Gasteiger partial charge in [0.25, 0.3) is 0 Å². The van der Waals surface area contributed by atoms with E-state index in [0.29, 0.717) is 18.6 Å². The van der Waals surface area contributed by atoms with Crippen molar-refractivity contribution in [2.24, 2.45) is 0 Å². The van der Waals surface area contributed by atoms with Crippen molar-refractivity contribution in [2.75, 3.05) is 0 Å². The van der Waals surface area contributed by atoms with E-state index in [1.165, 1.54) is 11.1 Å². The van der Waals surface area contributed by atoms with Gasteiger partial charge in [0.2, 0.25) is 0 Å². The van der Waals surface area contributed by atoms with Gasteiger partial charge in [0.05, 0.1) is 5.38 Å². The van der Waals surface area contributed by atoms with Crippen LogP contribution in [0.3, 0.4) is 0 Å². The Bertz CT molecular complexity index is 732. The molecule has 0 heterocycles. The summed E-state index contributed by atoms with van der Waals surface area (Å²) in [4.78, 5) is 0. The summed E-state index contributed by atoms with van der Waals surface area (Å²) < 4.78 is 0. The first-order chi connectivity index (χ1) is 11.6. The van der Waals surface area contributed by atoms with E-state index in [1.807, 2.05) is 55.5 Å². The highest BCUT2D eigenvalue weighted by atomic mass is 35.5. The van der Waals surface area contributed by atoms with Gasteiger partial charge in [-0.3, -0.25) is 0 Å². The van der Waals surface area contributed by atoms with Crippen LogP contribution in [0, 0.1) is 0 Å². The third kappa shape index (κ3) is 3.98. The molecule has 3 aromatic carbocycles. The second kappa shape index (κ2) is 7.55. The summed E-state index contributed by atoms with van der Waals surface area (Å²) in [6.07, 6.45) is 1.40. The van der Waals surface area contributed by atoms with Crippen LogP contribution in [0.1, 0.15) is 40.1 Å². The third-order valence-electron chi connectivity index (χ3n) is 4.22. The van der Waals surface area contributed by atoms with Gasteiger partial charge >= 0.3 is 0 Å². The number of halogens is 1. The number of benzene rings is 3. The molecule has 0 bridgehead atoms. The molecule has 0 radical (unpaired) electrons. The fourth-order valence-electron chi connectivity index (χ4n) is 2.92. The first kappa shape index (κ1) is 16.6. The number of aromatic hydroxyl groups is 1. The molecule has 2 heteroatoms. The lowest BCUT2D eigenvalue weighted by atomic mass is 9.94. The Balaban J connectivity index is 1.98. The molecule has 0 aliphatic carbocycles. The third-order valence-corrected chi connectivity index (χ3v) is 4.48. The zero-order valence-corrected chi connectivity index (χ0v) is 14.5. The number of phenolic OH excluding ortho intramolecular Hbond substituents is 1. The maximum Gasteiger partial charge on any atom is 0.122 e. The molecule has 24 heavy (non-hydrogen) atoms. The molecule has 0 aliphatic heterocycles. The Labute approximate surface area is 148 Å². The highest BCUT2D eigenvalue weighted by Crippen LogP contribution is 2.32. The topological polar surface area (TPSA) is 20.2 Å². The number of phenols is 1. The normalized spacial score (nSPS) is 12.1. The van der Waals surface area contributed by atoms with Crippen LogP contribution in [0.5, 0.6) is 5.75 Å². The molecule has 0 saturated carbocycles. The van der Waals surface area contributed by atoms with Crippen LogP contribution in [0.25, 0.3) is 0 Å². The van der Waals surface area contributed by atoms with Crippen LogP contribution in [0.4, 0.5) is 0 Å². The summed E-state index contributed by atoms with van der Waals surface area (Å²) in [5.74, 6) is 0.378. The minimum Gasteiger partial charge on any atom is -0.507 e. The first-order valence-electron chi connectivity index (χ1n) is 8.20. The molecule has 3 rings (SSSR count). The smallest absolute Gasteiger partial charge is 0.122 e. The largest absolute Gasteiger partial charge is 0.507 e. The standard InChI is InChI=1S/C22H21ClO/c1-16(23)19-14-20(12-17-8-4-2-5-9-17)22(24)21(15-19)13-18-10-6-3-7-11-18/h2-11,14-16,24H,12-13H2,1H3. The van der Waals surface area contributed by atoms with Crippen LogP contribution in [-0.2, 0) is 12.8 Å². The first-order valence-corrected chi connectivity index (χ1v) is 8.63. The van der Waals surface area contributed by atoms with Gasteiger partial charge in [0, 0.05) is 12.8 Å². The van der Waals surface area contributed by atoms with Gasteiger partial charge in [-0.1, -0.05) is 72.8 Å². The SMILES string of the molecule is CC(Cl)c1cc(Cc2ccccc2)c(O)c(Cc2ccccc2)c1. The number of rotatable bonds is 5. The Kier molecular flexibility index (Phi) is 5.22. The van der Waals surface area contributed by atoms with E-state index in [4.69, 9.17) is 11.6 Å². The van der Waals surface area contributed by atoms with Crippen LogP contribution < -0.4 is 0 Å². The van der Waals surface area contributed by atoms with Crippen LogP contribution in [0.15, 0.2) is 72.8 Å². The van der Waals surface area contributed by atoms with Gasteiger partial charge in [-0.05, 0) is 34.7 Å². The summed E-state index contributed by atoms with van der Waals surface area (Å²) in [6.45, 7) is 1.96. The number of hydrogen-bond donors (Lipinski definition) is 1. The van der Waals surface area contributed by atoms with Crippen LogP contribution >= 0.6 is 11.6 Å². The predicted molar refractivity (Wildman–Crippen MR) is 101 cm³/mol. The number of hydrogen-bond acceptors (Lipinski definition) is 1. The van der Waals surface area contributed by atoms with E-state index in [0.717, 1.165) is 16.7 Å². The van der Waals surface area contributed by atoms with Crippen molar-refractivity contribution >= 4 is 11.6 Å². The highest BCUT2D eigenvalue weighted by molar-refractivity contribution is 6.20. The molecule has 3 aromatic rings. The molecule has 1 unspecified atom stereocenters. The quantitative estimate of drug-likeness (QED) is 0.577. The summed E-state index contributed by atoms with van der Waals surface area (Å²) >= 11 is 6.32. The second-order valence-corrected chi connectivity index (χ2v) is 6.78. The molecule has 122 valence electrons. The van der Waals surface area contributed by atoms with Crippen molar-refractivity contribution < 1.29 is 5.11 Å². The molecule has 1 N–H and O–H groups in total. The van der Waals surface area contributed by atoms with Crippen LogP contribution in [-0.4, -0.2) is 5.11 Å². The zero-order valence-electron chi connectivity index (χ0n) is 13.7. The Morgan fingerprint density at radius 1 is 0.792 bits per heavy atom. The Hall–Kier alpha value is -2.25. The van der Waals surface area contributed by atoms with Crippen molar-refractivity contribution in [1.82, 2.24) is 0 Å². The Morgan fingerprint density at radius 3 is 1.58 bits per heavy atom. The van der Waals surface area contributed by atoms with Gasteiger partial charge in [0.15, 0.2) is 0 Å². The summed E-state index contributed by atoms with van der Waals surface area (Å²) in [6, 6.07) is 24.4. The lowest BCUT2D eigenvalue weighted by Crippen LogP contribution is -1.98. The summed E-state index contributed by atoms with van der Waals surface area (Å²) in [7, 11) is 0. The summed E-state index contributed by atoms with van der Waals surface area (Å²) in [5, 5.41) is 10.7. The highest BCUT2D eigenvalue weighted by Gasteiger charge is 2.13. The average Bonchev–Trinajstić information content (AvgIpc) is 2.60. The predicted octanol–water partition coefficient (Wildman–Crippen LogP) is 5.87. The molecule has 0 aliphatic rings. The molecule has 0 fully saturated rings. The molecular weight excluding hydrogens is 316 g/mol. The minimum atomic E-state index is -0.0883. The Morgan fingerprint density at radius 2 is 1.21 bits per heavy atom. The molecular formula is C22H21ClO. The fourth-order valence-corrected chi connectivity index (χ4v) is 3.04. The monoisotopic (exact) mass is 336 g/mol. The van der Waals surface area contributed by atoms with Crippen molar-refractivity contribution in [3.05, 3.63) is 101 Å². The van der Waals surface area contributed by atoms with Crippen molar-refractivity contribution in [1.29, 1.82) is 0 Å². The molecule has 0 aromatic heterocycles. The maximum atomic E-state index is 10.8. The molecule has 0 spiro atoms. The molecule has 0 amide bonds. The van der Waals surface area contributed by atoms with E-state index in [-0.39, 0.29) is 5.38 Å². The van der Waals surface area contributed by atoms with E-state index in [9.17, 15) is 5.11 Å². The van der Waals surface area contributed by atoms with Gasteiger partial charge < -0.3 is 5.11 Å². The molecule has 1 nitrogen and oxygen atoms in total. The van der Waals surface area contributed by atoms with Crippen molar-refractivity contribution in [3.8, 4) is 5.75 Å². The summed E-state index contributed by atoms with van der Waals surface area (Å²) in [5.41, 5.74) is 5.26. The van der Waals surface area contributed by atoms with E-state index < -0.39 is 0 Å².